The number of phenols is 1. The summed E-state index contributed by atoms with van der Waals surface area (Å²) in [7, 11) is 0. The van der Waals surface area contributed by atoms with Crippen LogP contribution in [0, 0.1) is 0 Å². The molecule has 0 saturated carbocycles. The largest absolute Gasteiger partial charge is 0.506 e. The standard InChI is InChI=1S/C11H16ClN3O4/c12-7-5-9(15-11(19)14-2-4-17)10(18)6-8(7)13-1-3-16/h5-6,13,16-18H,1-4H2,(H2,14,15,19). The van der Waals surface area contributed by atoms with Gasteiger partial charge in [0.1, 0.15) is 5.75 Å². The Morgan fingerprint density at radius 3 is 2.47 bits per heavy atom. The van der Waals surface area contributed by atoms with E-state index in [1.54, 1.807) is 0 Å². The van der Waals surface area contributed by atoms with Gasteiger partial charge in [0.15, 0.2) is 0 Å². The minimum atomic E-state index is -0.559. The van der Waals surface area contributed by atoms with Gasteiger partial charge in [0.25, 0.3) is 0 Å². The molecule has 1 rings (SSSR count). The SMILES string of the molecule is O=C(NCCO)Nc1cc(Cl)c(NCCO)cc1O. The average molecular weight is 290 g/mol. The lowest BCUT2D eigenvalue weighted by atomic mass is 10.2. The quantitative estimate of drug-likeness (QED) is 0.428. The topological polar surface area (TPSA) is 114 Å². The number of carbonyl (C=O) groups is 1. The number of aliphatic hydroxyl groups is 2. The predicted molar refractivity (Wildman–Crippen MR) is 72.8 cm³/mol. The lowest BCUT2D eigenvalue weighted by molar-refractivity contribution is 0.244. The summed E-state index contributed by atoms with van der Waals surface area (Å²) in [6.07, 6.45) is 0. The Morgan fingerprint density at radius 1 is 1.16 bits per heavy atom. The van der Waals surface area contributed by atoms with E-state index in [9.17, 15) is 9.90 Å². The number of benzene rings is 1. The highest BCUT2D eigenvalue weighted by Crippen LogP contribution is 2.33. The molecule has 19 heavy (non-hydrogen) atoms. The molecular weight excluding hydrogens is 274 g/mol. The highest BCUT2D eigenvalue weighted by Gasteiger charge is 2.10. The number of nitrogens with one attached hydrogen (secondary N) is 3. The van der Waals surface area contributed by atoms with Crippen LogP contribution in [0.4, 0.5) is 16.2 Å². The Kier molecular flexibility index (Phi) is 6.20. The molecule has 0 aliphatic rings. The van der Waals surface area contributed by atoms with Crippen molar-refractivity contribution >= 4 is 29.0 Å². The van der Waals surface area contributed by atoms with Gasteiger partial charge in [-0.25, -0.2) is 4.79 Å². The number of urea groups is 1. The van der Waals surface area contributed by atoms with Crippen LogP contribution in [0.25, 0.3) is 0 Å². The number of carbonyl (C=O) groups excluding carboxylic acids is 1. The Labute approximate surface area is 115 Å². The molecule has 2 amide bonds. The number of hydrogen-bond acceptors (Lipinski definition) is 5. The second kappa shape index (κ2) is 7.67. The number of aliphatic hydroxyl groups excluding tert-OH is 2. The van der Waals surface area contributed by atoms with Gasteiger partial charge in [0.05, 0.1) is 29.6 Å². The molecule has 7 nitrogen and oxygen atoms in total. The van der Waals surface area contributed by atoms with E-state index in [1.807, 2.05) is 0 Å². The van der Waals surface area contributed by atoms with Crippen LogP contribution in [-0.4, -0.2) is 47.7 Å². The Bertz CT molecular complexity index is 442. The van der Waals surface area contributed by atoms with E-state index in [0.717, 1.165) is 0 Å². The summed E-state index contributed by atoms with van der Waals surface area (Å²) in [6, 6.07) is 2.17. The van der Waals surface area contributed by atoms with Crippen molar-refractivity contribution in [2.45, 2.75) is 0 Å². The number of anilines is 2. The van der Waals surface area contributed by atoms with Gasteiger partial charge < -0.3 is 31.3 Å². The zero-order valence-corrected chi connectivity index (χ0v) is 10.9. The van der Waals surface area contributed by atoms with E-state index in [4.69, 9.17) is 21.8 Å². The second-order valence-corrected chi connectivity index (χ2v) is 4.01. The van der Waals surface area contributed by atoms with E-state index in [0.29, 0.717) is 17.3 Å². The predicted octanol–water partition coefficient (Wildman–Crippen LogP) is 0.564. The van der Waals surface area contributed by atoms with Crippen molar-refractivity contribution in [1.82, 2.24) is 5.32 Å². The summed E-state index contributed by atoms with van der Waals surface area (Å²) in [5.41, 5.74) is 0.601. The van der Waals surface area contributed by atoms with Crippen LogP contribution < -0.4 is 16.0 Å². The number of rotatable bonds is 6. The number of aromatic hydroxyl groups is 1. The minimum Gasteiger partial charge on any atom is -0.506 e. The first kappa shape index (κ1) is 15.4. The molecule has 0 fully saturated rings. The first-order chi connectivity index (χ1) is 9.08. The lowest BCUT2D eigenvalue weighted by Crippen LogP contribution is -2.31. The smallest absolute Gasteiger partial charge is 0.319 e. The molecule has 0 atom stereocenters. The molecule has 0 aliphatic carbocycles. The fraction of sp³-hybridized carbons (Fsp3) is 0.364. The number of amides is 2. The highest BCUT2D eigenvalue weighted by molar-refractivity contribution is 6.33. The normalized spacial score (nSPS) is 10.1. The van der Waals surface area contributed by atoms with E-state index < -0.39 is 6.03 Å². The number of halogens is 1. The van der Waals surface area contributed by atoms with Crippen LogP contribution >= 0.6 is 11.6 Å². The maximum atomic E-state index is 11.4. The van der Waals surface area contributed by atoms with Gasteiger partial charge >= 0.3 is 6.03 Å². The molecule has 0 aromatic heterocycles. The molecule has 1 aromatic rings. The summed E-state index contributed by atoms with van der Waals surface area (Å²) >= 11 is 5.96. The van der Waals surface area contributed by atoms with Gasteiger partial charge in [-0.05, 0) is 6.07 Å². The molecule has 0 heterocycles. The molecule has 0 aliphatic heterocycles. The summed E-state index contributed by atoms with van der Waals surface area (Å²) in [5, 5.41) is 34.9. The molecule has 6 N–H and O–H groups in total. The van der Waals surface area contributed by atoms with E-state index in [1.165, 1.54) is 12.1 Å². The zero-order chi connectivity index (χ0) is 14.3. The average Bonchev–Trinajstić information content (AvgIpc) is 2.38. The van der Waals surface area contributed by atoms with Gasteiger partial charge in [-0.3, -0.25) is 0 Å². The monoisotopic (exact) mass is 289 g/mol. The number of hydrogen-bond donors (Lipinski definition) is 6. The Balaban J connectivity index is 2.75. The van der Waals surface area contributed by atoms with Gasteiger partial charge in [-0.2, -0.15) is 0 Å². The van der Waals surface area contributed by atoms with Crippen molar-refractivity contribution in [2.24, 2.45) is 0 Å². The van der Waals surface area contributed by atoms with Gasteiger partial charge in [0.2, 0.25) is 0 Å². The Hall–Kier alpha value is -1.70. The molecule has 0 bridgehead atoms. The van der Waals surface area contributed by atoms with Crippen LogP contribution in [0.1, 0.15) is 0 Å². The molecule has 0 spiro atoms. The molecule has 0 radical (unpaired) electrons. The summed E-state index contributed by atoms with van der Waals surface area (Å²) < 4.78 is 0. The maximum Gasteiger partial charge on any atom is 0.319 e. The van der Waals surface area contributed by atoms with Crippen LogP contribution in [0.15, 0.2) is 12.1 Å². The van der Waals surface area contributed by atoms with Crippen molar-refractivity contribution in [3.05, 3.63) is 17.2 Å². The molecule has 0 unspecified atom stereocenters. The van der Waals surface area contributed by atoms with Gasteiger partial charge in [-0.15, -0.1) is 0 Å². The molecule has 106 valence electrons. The van der Waals surface area contributed by atoms with Crippen molar-refractivity contribution in [3.8, 4) is 5.75 Å². The van der Waals surface area contributed by atoms with Crippen LogP contribution in [0.5, 0.6) is 5.75 Å². The third kappa shape index (κ3) is 4.82. The maximum absolute atomic E-state index is 11.4. The third-order valence-corrected chi connectivity index (χ3v) is 2.47. The third-order valence-electron chi connectivity index (χ3n) is 2.16. The van der Waals surface area contributed by atoms with Crippen LogP contribution in [-0.2, 0) is 0 Å². The molecular formula is C11H16ClN3O4. The first-order valence-electron chi connectivity index (χ1n) is 5.61. The second-order valence-electron chi connectivity index (χ2n) is 3.60. The van der Waals surface area contributed by atoms with Gasteiger partial charge in [-0.1, -0.05) is 11.6 Å². The van der Waals surface area contributed by atoms with Crippen molar-refractivity contribution in [3.63, 3.8) is 0 Å². The van der Waals surface area contributed by atoms with Crippen molar-refractivity contribution < 1.29 is 20.1 Å². The Morgan fingerprint density at radius 2 is 1.84 bits per heavy atom. The number of phenolic OH excluding ortho intramolecular Hbond substituents is 1. The summed E-state index contributed by atoms with van der Waals surface area (Å²) in [6.45, 7) is 0.157. The van der Waals surface area contributed by atoms with Crippen LogP contribution in [0.2, 0.25) is 5.02 Å². The van der Waals surface area contributed by atoms with E-state index >= 15 is 0 Å². The molecule has 8 heteroatoms. The zero-order valence-electron chi connectivity index (χ0n) is 10.1. The van der Waals surface area contributed by atoms with Crippen molar-refractivity contribution in [1.29, 1.82) is 0 Å². The molecule has 1 aromatic carbocycles. The fourth-order valence-electron chi connectivity index (χ4n) is 1.32. The lowest BCUT2D eigenvalue weighted by Gasteiger charge is -2.12. The fourth-order valence-corrected chi connectivity index (χ4v) is 1.55. The molecule has 0 saturated heterocycles. The van der Waals surface area contributed by atoms with Crippen LogP contribution in [0.3, 0.4) is 0 Å². The van der Waals surface area contributed by atoms with E-state index in [-0.39, 0.29) is 31.2 Å². The van der Waals surface area contributed by atoms with E-state index in [2.05, 4.69) is 16.0 Å². The highest BCUT2D eigenvalue weighted by atomic mass is 35.5. The van der Waals surface area contributed by atoms with Crippen molar-refractivity contribution in [2.75, 3.05) is 36.9 Å². The first-order valence-corrected chi connectivity index (χ1v) is 5.99. The minimum absolute atomic E-state index is 0.0688. The van der Waals surface area contributed by atoms with Gasteiger partial charge in [0, 0.05) is 19.2 Å². The summed E-state index contributed by atoms with van der Waals surface area (Å²) in [5.74, 6) is -0.163. The summed E-state index contributed by atoms with van der Waals surface area (Å²) in [4.78, 5) is 11.4.